The molecule has 1 saturated heterocycles. The van der Waals surface area contributed by atoms with Gasteiger partial charge in [0.2, 0.25) is 0 Å². The molecule has 0 spiro atoms. The maximum Gasteiger partial charge on any atom is 0.151 e. The van der Waals surface area contributed by atoms with Crippen LogP contribution in [0.5, 0.6) is 5.75 Å². The van der Waals surface area contributed by atoms with E-state index in [4.69, 9.17) is 9.26 Å². The van der Waals surface area contributed by atoms with Crippen molar-refractivity contribution in [3.05, 3.63) is 102 Å². The lowest BCUT2D eigenvalue weighted by molar-refractivity contribution is 0.255. The van der Waals surface area contributed by atoms with Crippen LogP contribution in [0.3, 0.4) is 0 Å². The Morgan fingerprint density at radius 2 is 1.64 bits per heavy atom. The zero-order valence-electron chi connectivity index (χ0n) is 20.9. The van der Waals surface area contributed by atoms with Gasteiger partial charge in [0.25, 0.3) is 0 Å². The summed E-state index contributed by atoms with van der Waals surface area (Å²) in [7, 11) is 0. The van der Waals surface area contributed by atoms with Crippen LogP contribution in [0.15, 0.2) is 89.5 Å². The summed E-state index contributed by atoms with van der Waals surface area (Å²) >= 11 is 0. The number of aromatic nitrogens is 1. The van der Waals surface area contributed by atoms with Gasteiger partial charge in [0, 0.05) is 56.6 Å². The molecule has 36 heavy (non-hydrogen) atoms. The summed E-state index contributed by atoms with van der Waals surface area (Å²) in [6.45, 7) is 9.66. The van der Waals surface area contributed by atoms with E-state index in [0.717, 1.165) is 67.6 Å². The molecule has 0 aliphatic carbocycles. The first-order valence-corrected chi connectivity index (χ1v) is 12.7. The van der Waals surface area contributed by atoms with Crippen LogP contribution in [0.4, 0.5) is 5.69 Å². The second-order valence-corrected chi connectivity index (χ2v) is 9.32. The van der Waals surface area contributed by atoms with Crippen LogP contribution in [-0.2, 0) is 13.2 Å². The van der Waals surface area contributed by atoms with E-state index in [1.54, 1.807) is 0 Å². The third-order valence-corrected chi connectivity index (χ3v) is 6.63. The van der Waals surface area contributed by atoms with Crippen molar-refractivity contribution >= 4 is 5.69 Å². The lowest BCUT2D eigenvalue weighted by Crippen LogP contribution is -2.48. The number of ether oxygens (including phenoxy) is 1. The summed E-state index contributed by atoms with van der Waals surface area (Å²) in [4.78, 5) is 4.99. The van der Waals surface area contributed by atoms with Crippen molar-refractivity contribution in [3.63, 3.8) is 0 Å². The molecule has 6 heteroatoms. The molecule has 1 aliphatic heterocycles. The summed E-state index contributed by atoms with van der Waals surface area (Å²) in [5, 5.41) is 7.74. The Hall–Kier alpha value is -3.61. The molecule has 3 aromatic carbocycles. The Labute approximate surface area is 213 Å². The second-order valence-electron chi connectivity index (χ2n) is 9.32. The molecule has 0 atom stereocenters. The highest BCUT2D eigenvalue weighted by atomic mass is 16.5. The fraction of sp³-hybridized carbons (Fsp3) is 0.300. The van der Waals surface area contributed by atoms with E-state index in [1.807, 2.05) is 48.5 Å². The van der Waals surface area contributed by atoms with Crippen LogP contribution in [-0.4, -0.2) is 49.3 Å². The summed E-state index contributed by atoms with van der Waals surface area (Å²) in [6, 6.07) is 29.0. The predicted octanol–water partition coefficient (Wildman–Crippen LogP) is 5.14. The maximum absolute atomic E-state index is 5.88. The number of aryl methyl sites for hydroxylation is 1. The van der Waals surface area contributed by atoms with E-state index in [9.17, 15) is 0 Å². The zero-order chi connectivity index (χ0) is 24.6. The van der Waals surface area contributed by atoms with Gasteiger partial charge in [0.15, 0.2) is 5.76 Å². The lowest BCUT2D eigenvalue weighted by atomic mass is 10.1. The molecule has 1 aliphatic rings. The minimum atomic E-state index is 0.558. The average molecular weight is 483 g/mol. The van der Waals surface area contributed by atoms with E-state index in [2.05, 4.69) is 63.6 Å². The number of piperazine rings is 1. The highest BCUT2D eigenvalue weighted by Crippen LogP contribution is 2.23. The molecular weight excluding hydrogens is 448 g/mol. The van der Waals surface area contributed by atoms with Gasteiger partial charge in [-0.15, -0.1) is 0 Å². The average Bonchev–Trinajstić information content (AvgIpc) is 3.41. The van der Waals surface area contributed by atoms with Crippen molar-refractivity contribution in [1.82, 2.24) is 15.4 Å². The standard InChI is InChI=1S/C30H34N4O2/c1-24-7-11-27(12-8-24)34-19-17-33(18-20-34)16-15-31-22-29-21-30(32-36-29)26-9-13-28(14-10-26)35-23-25-5-3-2-4-6-25/h2-14,21,31H,15-20,22-23H2,1H3. The summed E-state index contributed by atoms with van der Waals surface area (Å²) in [5.74, 6) is 1.69. The first-order chi connectivity index (χ1) is 17.7. The topological polar surface area (TPSA) is 53.8 Å². The van der Waals surface area contributed by atoms with Gasteiger partial charge >= 0.3 is 0 Å². The van der Waals surface area contributed by atoms with E-state index in [-0.39, 0.29) is 0 Å². The molecule has 1 fully saturated rings. The summed E-state index contributed by atoms with van der Waals surface area (Å²) < 4.78 is 11.4. The highest BCUT2D eigenvalue weighted by molar-refractivity contribution is 5.59. The number of hydrogen-bond acceptors (Lipinski definition) is 6. The quantitative estimate of drug-likeness (QED) is 0.316. The fourth-order valence-corrected chi connectivity index (χ4v) is 4.43. The molecule has 6 nitrogen and oxygen atoms in total. The minimum Gasteiger partial charge on any atom is -0.489 e. The van der Waals surface area contributed by atoms with Gasteiger partial charge in [-0.25, -0.2) is 0 Å². The molecule has 186 valence electrons. The largest absolute Gasteiger partial charge is 0.489 e. The van der Waals surface area contributed by atoms with E-state index in [0.29, 0.717) is 13.2 Å². The smallest absolute Gasteiger partial charge is 0.151 e. The van der Waals surface area contributed by atoms with Crippen LogP contribution in [0, 0.1) is 6.92 Å². The monoisotopic (exact) mass is 482 g/mol. The number of hydrogen-bond donors (Lipinski definition) is 1. The maximum atomic E-state index is 5.88. The molecule has 2 heterocycles. The molecule has 0 unspecified atom stereocenters. The molecular formula is C30H34N4O2. The number of rotatable bonds is 10. The molecule has 1 N–H and O–H groups in total. The van der Waals surface area contributed by atoms with E-state index < -0.39 is 0 Å². The van der Waals surface area contributed by atoms with Gasteiger partial charge in [0.05, 0.1) is 6.54 Å². The van der Waals surface area contributed by atoms with Crippen molar-refractivity contribution in [2.45, 2.75) is 20.1 Å². The van der Waals surface area contributed by atoms with Gasteiger partial charge in [-0.1, -0.05) is 53.2 Å². The molecule has 4 aromatic rings. The summed E-state index contributed by atoms with van der Waals surface area (Å²) in [6.07, 6.45) is 0. The van der Waals surface area contributed by atoms with Gasteiger partial charge in [-0.3, -0.25) is 4.90 Å². The normalized spacial score (nSPS) is 14.2. The first-order valence-electron chi connectivity index (χ1n) is 12.7. The van der Waals surface area contributed by atoms with Crippen molar-refractivity contribution in [1.29, 1.82) is 0 Å². The Balaban J connectivity index is 1.02. The third kappa shape index (κ3) is 6.53. The van der Waals surface area contributed by atoms with Crippen molar-refractivity contribution in [3.8, 4) is 17.0 Å². The molecule has 5 rings (SSSR count). The van der Waals surface area contributed by atoms with Crippen LogP contribution >= 0.6 is 0 Å². The van der Waals surface area contributed by atoms with Crippen LogP contribution in [0.2, 0.25) is 0 Å². The van der Waals surface area contributed by atoms with Crippen molar-refractivity contribution < 1.29 is 9.26 Å². The van der Waals surface area contributed by atoms with Gasteiger partial charge < -0.3 is 19.5 Å². The molecule has 0 amide bonds. The van der Waals surface area contributed by atoms with Gasteiger partial charge in [-0.2, -0.15) is 0 Å². The lowest BCUT2D eigenvalue weighted by Gasteiger charge is -2.36. The number of anilines is 1. The number of nitrogens with one attached hydrogen (secondary N) is 1. The molecule has 1 aromatic heterocycles. The van der Waals surface area contributed by atoms with Crippen LogP contribution in [0.25, 0.3) is 11.3 Å². The molecule has 0 radical (unpaired) electrons. The number of benzene rings is 3. The van der Waals surface area contributed by atoms with E-state index in [1.165, 1.54) is 11.3 Å². The Morgan fingerprint density at radius 3 is 2.39 bits per heavy atom. The van der Waals surface area contributed by atoms with Crippen LogP contribution in [0.1, 0.15) is 16.9 Å². The van der Waals surface area contributed by atoms with E-state index >= 15 is 0 Å². The SMILES string of the molecule is Cc1ccc(N2CCN(CCNCc3cc(-c4ccc(OCc5ccccc5)cc4)no3)CC2)cc1. The Bertz CT molecular complexity index is 1200. The fourth-order valence-electron chi connectivity index (χ4n) is 4.43. The molecule has 0 saturated carbocycles. The van der Waals surface area contributed by atoms with Crippen LogP contribution < -0.4 is 15.0 Å². The first kappa shape index (κ1) is 24.1. The zero-order valence-corrected chi connectivity index (χ0v) is 20.9. The predicted molar refractivity (Wildman–Crippen MR) is 144 cm³/mol. The summed E-state index contributed by atoms with van der Waals surface area (Å²) in [5.41, 5.74) is 5.65. The highest BCUT2D eigenvalue weighted by Gasteiger charge is 2.16. The third-order valence-electron chi connectivity index (χ3n) is 6.63. The van der Waals surface area contributed by atoms with Crippen molar-refractivity contribution in [2.75, 3.05) is 44.2 Å². The van der Waals surface area contributed by atoms with Gasteiger partial charge in [-0.05, 0) is 48.9 Å². The Morgan fingerprint density at radius 1 is 0.889 bits per heavy atom. The molecule has 0 bridgehead atoms. The number of nitrogens with zero attached hydrogens (tertiary/aromatic N) is 3. The van der Waals surface area contributed by atoms with Gasteiger partial charge in [0.1, 0.15) is 18.1 Å². The Kier molecular flexibility index (Phi) is 7.96. The second kappa shape index (κ2) is 11.9. The van der Waals surface area contributed by atoms with Crippen molar-refractivity contribution in [2.24, 2.45) is 0 Å². The minimum absolute atomic E-state index is 0.558.